The number of carbonyl (C=O) groups excluding carboxylic acids is 2. The minimum absolute atomic E-state index is 0.0601. The zero-order valence-corrected chi connectivity index (χ0v) is 15.2. The molecular weight excluding hydrogens is 344 g/mol. The number of benzene rings is 2. The Hall–Kier alpha value is -2.53. The number of ether oxygens (including phenoxy) is 3. The fourth-order valence-electron chi connectivity index (χ4n) is 2.11. The Bertz CT molecular complexity index is 781. The van der Waals surface area contributed by atoms with E-state index in [1.54, 1.807) is 24.3 Å². The average Bonchev–Trinajstić information content (AvgIpc) is 2.56. The number of halogens is 1. The number of rotatable bonds is 6. The molecule has 0 saturated heterocycles. The van der Waals surface area contributed by atoms with Gasteiger partial charge in [0.05, 0.1) is 23.8 Å². The van der Waals surface area contributed by atoms with Gasteiger partial charge in [-0.25, -0.2) is 4.79 Å². The molecule has 0 spiro atoms. The van der Waals surface area contributed by atoms with Crippen molar-refractivity contribution in [3.63, 3.8) is 0 Å². The van der Waals surface area contributed by atoms with Gasteiger partial charge in [-0.1, -0.05) is 11.6 Å². The number of Topliss-reactive ketones (excluding diaryl/α,β-unsaturated/α-hetero) is 1. The summed E-state index contributed by atoms with van der Waals surface area (Å²) < 4.78 is 16.2. The van der Waals surface area contributed by atoms with Crippen LogP contribution in [0.3, 0.4) is 0 Å². The lowest BCUT2D eigenvalue weighted by molar-refractivity contribution is 0.0734. The minimum atomic E-state index is -0.591. The molecule has 0 atom stereocenters. The Balaban J connectivity index is 2.24. The van der Waals surface area contributed by atoms with Gasteiger partial charge in [-0.15, -0.1) is 0 Å². The van der Waals surface area contributed by atoms with Gasteiger partial charge in [0, 0.05) is 5.56 Å². The molecule has 0 heterocycles. The molecule has 0 saturated carbocycles. The number of carbonyl (C=O) groups is 2. The van der Waals surface area contributed by atoms with Gasteiger partial charge in [-0.3, -0.25) is 4.79 Å². The van der Waals surface area contributed by atoms with E-state index >= 15 is 0 Å². The van der Waals surface area contributed by atoms with Crippen LogP contribution in [0.2, 0.25) is 5.02 Å². The van der Waals surface area contributed by atoms with Gasteiger partial charge < -0.3 is 14.2 Å². The van der Waals surface area contributed by atoms with Crippen LogP contribution in [0.1, 0.15) is 41.5 Å². The van der Waals surface area contributed by atoms with E-state index in [0.717, 1.165) is 0 Å². The van der Waals surface area contributed by atoms with Crippen LogP contribution in [0.15, 0.2) is 36.4 Å². The zero-order valence-electron chi connectivity index (χ0n) is 14.5. The van der Waals surface area contributed by atoms with Crippen LogP contribution in [0, 0.1) is 0 Å². The summed E-state index contributed by atoms with van der Waals surface area (Å²) in [6.45, 7) is 5.20. The van der Waals surface area contributed by atoms with Gasteiger partial charge in [-0.2, -0.15) is 0 Å². The number of hydrogen-bond donors (Lipinski definition) is 0. The Kier molecular flexibility index (Phi) is 6.04. The zero-order chi connectivity index (χ0) is 18.6. The largest absolute Gasteiger partial charge is 0.493 e. The molecule has 2 rings (SSSR count). The first-order chi connectivity index (χ1) is 11.8. The second-order valence-corrected chi connectivity index (χ2v) is 6.03. The summed E-state index contributed by atoms with van der Waals surface area (Å²) >= 11 is 6.21. The standard InChI is InChI=1S/C19H19ClO5/c1-11(2)24-18-16(20)9-14(10-17(18)23-4)19(22)25-15-7-5-13(6-8-15)12(3)21/h5-11H,1-4H3. The summed E-state index contributed by atoms with van der Waals surface area (Å²) in [5.41, 5.74) is 0.772. The van der Waals surface area contributed by atoms with Crippen molar-refractivity contribution in [2.75, 3.05) is 7.11 Å². The van der Waals surface area contributed by atoms with Gasteiger partial charge >= 0.3 is 5.97 Å². The number of ketones is 1. The van der Waals surface area contributed by atoms with Crippen molar-refractivity contribution < 1.29 is 23.8 Å². The fraction of sp³-hybridized carbons (Fsp3) is 0.263. The third kappa shape index (κ3) is 4.73. The highest BCUT2D eigenvalue weighted by Gasteiger charge is 2.18. The van der Waals surface area contributed by atoms with Crippen LogP contribution in [-0.4, -0.2) is 25.0 Å². The molecule has 0 aliphatic heterocycles. The molecule has 5 nitrogen and oxygen atoms in total. The first kappa shape index (κ1) is 18.8. The van der Waals surface area contributed by atoms with Gasteiger partial charge in [0.2, 0.25) is 0 Å². The molecule has 25 heavy (non-hydrogen) atoms. The van der Waals surface area contributed by atoms with Crippen LogP contribution in [-0.2, 0) is 0 Å². The second kappa shape index (κ2) is 8.03. The summed E-state index contributed by atoms with van der Waals surface area (Å²) in [7, 11) is 1.47. The fourth-order valence-corrected chi connectivity index (χ4v) is 2.37. The van der Waals surface area contributed by atoms with Gasteiger partial charge in [0.1, 0.15) is 5.75 Å². The highest BCUT2D eigenvalue weighted by Crippen LogP contribution is 2.37. The molecule has 2 aromatic rings. The van der Waals surface area contributed by atoms with Crippen molar-refractivity contribution in [2.45, 2.75) is 26.9 Å². The lowest BCUT2D eigenvalue weighted by Crippen LogP contribution is -2.11. The van der Waals surface area contributed by atoms with Crippen molar-refractivity contribution in [1.82, 2.24) is 0 Å². The van der Waals surface area contributed by atoms with Crippen LogP contribution in [0.5, 0.6) is 17.2 Å². The van der Waals surface area contributed by atoms with Crippen molar-refractivity contribution in [3.05, 3.63) is 52.5 Å². The number of esters is 1. The third-order valence-electron chi connectivity index (χ3n) is 3.29. The maximum absolute atomic E-state index is 12.3. The van der Waals surface area contributed by atoms with E-state index in [4.69, 9.17) is 25.8 Å². The first-order valence-electron chi connectivity index (χ1n) is 7.69. The van der Waals surface area contributed by atoms with E-state index in [0.29, 0.717) is 22.8 Å². The maximum atomic E-state index is 12.3. The summed E-state index contributed by atoms with van der Waals surface area (Å²) in [6, 6.07) is 9.29. The average molecular weight is 363 g/mol. The monoisotopic (exact) mass is 362 g/mol. The summed E-state index contributed by atoms with van der Waals surface area (Å²) in [5, 5.41) is 0.256. The Morgan fingerprint density at radius 3 is 2.20 bits per heavy atom. The molecule has 0 aromatic heterocycles. The van der Waals surface area contributed by atoms with Gasteiger partial charge in [0.25, 0.3) is 0 Å². The molecule has 0 radical (unpaired) electrons. The van der Waals surface area contributed by atoms with Crippen molar-refractivity contribution in [2.24, 2.45) is 0 Å². The Morgan fingerprint density at radius 2 is 1.68 bits per heavy atom. The van der Waals surface area contributed by atoms with Gasteiger partial charge in [0.15, 0.2) is 17.3 Å². The third-order valence-corrected chi connectivity index (χ3v) is 3.57. The predicted molar refractivity (Wildman–Crippen MR) is 95.2 cm³/mol. The van der Waals surface area contributed by atoms with Gasteiger partial charge in [-0.05, 0) is 57.2 Å². The molecule has 6 heteroatoms. The van der Waals surface area contributed by atoms with Crippen molar-refractivity contribution >= 4 is 23.4 Å². The summed E-state index contributed by atoms with van der Waals surface area (Å²) in [6.07, 6.45) is -0.0935. The number of hydrogen-bond acceptors (Lipinski definition) is 5. The molecule has 0 unspecified atom stereocenters. The normalized spacial score (nSPS) is 10.5. The first-order valence-corrected chi connectivity index (χ1v) is 8.07. The molecule has 0 aliphatic rings. The van der Waals surface area contributed by atoms with Crippen molar-refractivity contribution in [1.29, 1.82) is 0 Å². The molecule has 132 valence electrons. The molecule has 0 aliphatic carbocycles. The van der Waals surface area contributed by atoms with Crippen molar-refractivity contribution in [3.8, 4) is 17.2 Å². The SMILES string of the molecule is COc1cc(C(=O)Oc2ccc(C(C)=O)cc2)cc(Cl)c1OC(C)C. The molecule has 0 fully saturated rings. The molecular formula is C19H19ClO5. The lowest BCUT2D eigenvalue weighted by Gasteiger charge is -2.16. The van der Waals surface area contributed by atoms with Crippen LogP contribution >= 0.6 is 11.6 Å². The van der Waals surface area contributed by atoms with E-state index in [1.807, 2.05) is 13.8 Å². The Labute approximate surface area is 151 Å². The minimum Gasteiger partial charge on any atom is -0.493 e. The van der Waals surface area contributed by atoms with Crippen LogP contribution in [0.4, 0.5) is 0 Å². The smallest absolute Gasteiger partial charge is 0.343 e. The quantitative estimate of drug-likeness (QED) is 0.428. The molecule has 0 N–H and O–H groups in total. The highest BCUT2D eigenvalue weighted by atomic mass is 35.5. The van der Waals surface area contributed by atoms with E-state index in [9.17, 15) is 9.59 Å². The van der Waals surface area contributed by atoms with Crippen LogP contribution in [0.25, 0.3) is 0 Å². The molecule has 0 bridgehead atoms. The Morgan fingerprint density at radius 1 is 1.04 bits per heavy atom. The molecule has 0 amide bonds. The topological polar surface area (TPSA) is 61.8 Å². The highest BCUT2D eigenvalue weighted by molar-refractivity contribution is 6.32. The predicted octanol–water partition coefficient (Wildman–Crippen LogP) is 4.56. The lowest BCUT2D eigenvalue weighted by atomic mass is 10.1. The van der Waals surface area contributed by atoms with E-state index < -0.39 is 5.97 Å². The van der Waals surface area contributed by atoms with E-state index in [-0.39, 0.29) is 22.5 Å². The van der Waals surface area contributed by atoms with Crippen LogP contribution < -0.4 is 14.2 Å². The summed E-state index contributed by atoms with van der Waals surface area (Å²) in [5.74, 6) is 0.399. The second-order valence-electron chi connectivity index (χ2n) is 5.63. The molecule has 2 aromatic carbocycles. The van der Waals surface area contributed by atoms with E-state index in [1.165, 1.54) is 26.2 Å². The van der Waals surface area contributed by atoms with E-state index in [2.05, 4.69) is 0 Å². The number of methoxy groups -OCH3 is 1. The summed E-state index contributed by atoms with van der Waals surface area (Å²) in [4.78, 5) is 23.6. The maximum Gasteiger partial charge on any atom is 0.343 e.